The van der Waals surface area contributed by atoms with Crippen LogP contribution in [0.15, 0.2) is 225 Å². The molecule has 0 fully saturated rings. The summed E-state index contributed by atoms with van der Waals surface area (Å²) in [5.74, 6) is 1.31. The molecule has 4 unspecified atom stereocenters. The van der Waals surface area contributed by atoms with Gasteiger partial charge in [0.25, 0.3) is 22.2 Å². The van der Waals surface area contributed by atoms with Gasteiger partial charge in [-0.25, -0.2) is 29.1 Å². The topological polar surface area (TPSA) is 210 Å². The average molecular weight is 1130 g/mol. The summed E-state index contributed by atoms with van der Waals surface area (Å²) in [4.78, 5) is 80.9. The predicted octanol–water partition coefficient (Wildman–Crippen LogP) is 10.6. The lowest BCUT2D eigenvalue weighted by Gasteiger charge is -2.19. The quantitative estimate of drug-likeness (QED) is 0.105. The molecule has 0 amide bonds. The highest BCUT2D eigenvalue weighted by Crippen LogP contribution is 2.37. The molecule has 418 valence electrons. The zero-order valence-electron chi connectivity index (χ0n) is 46.4. The van der Waals surface area contributed by atoms with E-state index in [-0.39, 0.29) is 44.7 Å². The lowest BCUT2D eigenvalue weighted by atomic mass is 10.0. The standard InChI is InChI=1S/C69H50N10O7/c1-38(41-18-6-4-7-19-41)62-70-53-22-10-14-26-57(53)74(62)43-30-46(77-60-29-17-13-25-56(60)73-65(77)61(82)42-20-8-5-9-21-42)35-47(32-43)78-66(83)49-36-51-52(37-50(49)67(78)84)69(86)79(68(51)85)48-33-44(75-58-27-15-11-23-54(58)71-63(75)39(2)80)31-45(34-48)76-59-28-16-12-24-55(59)72-64(76)40(3)81/h4-40,61,80-82H,1-3H3. The fourth-order valence-electron chi connectivity index (χ4n) is 12.3. The van der Waals surface area contributed by atoms with Gasteiger partial charge in [-0.3, -0.25) is 37.4 Å². The number of hydrogen-bond acceptors (Lipinski definition) is 11. The summed E-state index contributed by atoms with van der Waals surface area (Å²) >= 11 is 0. The first-order valence-electron chi connectivity index (χ1n) is 28.1. The Morgan fingerprint density at radius 3 is 0.919 bits per heavy atom. The average Bonchev–Trinajstić information content (AvgIpc) is 1.63. The minimum absolute atomic E-state index is 0.0872. The first-order valence-corrected chi connectivity index (χ1v) is 28.1. The molecule has 0 spiro atoms. The van der Waals surface area contributed by atoms with Crippen molar-refractivity contribution < 1.29 is 15.3 Å². The second-order valence-corrected chi connectivity index (χ2v) is 21.7. The number of aliphatic hydroxyl groups is 3. The molecule has 0 aliphatic rings. The minimum atomic E-state index is -1.20. The Morgan fingerprint density at radius 2 is 0.570 bits per heavy atom. The van der Waals surface area contributed by atoms with Crippen LogP contribution in [0.5, 0.6) is 0 Å². The molecule has 0 saturated heterocycles. The summed E-state index contributed by atoms with van der Waals surface area (Å²) in [5, 5.41) is 34.2. The van der Waals surface area contributed by atoms with Gasteiger partial charge >= 0.3 is 0 Å². The summed E-state index contributed by atoms with van der Waals surface area (Å²) in [6.07, 6.45) is -3.31. The fraction of sp³-hybridized carbons (Fsp3) is 0.101. The lowest BCUT2D eigenvalue weighted by Crippen LogP contribution is -2.24. The monoisotopic (exact) mass is 1130 g/mol. The van der Waals surface area contributed by atoms with Crippen molar-refractivity contribution >= 4 is 65.7 Å². The molecular weight excluding hydrogens is 1080 g/mol. The van der Waals surface area contributed by atoms with E-state index in [1.165, 1.54) is 12.1 Å². The van der Waals surface area contributed by atoms with Gasteiger partial charge in [0.1, 0.15) is 41.6 Å². The Kier molecular flexibility index (Phi) is 12.0. The maximum absolute atomic E-state index is 15.4. The highest BCUT2D eigenvalue weighted by molar-refractivity contribution is 5.98. The van der Waals surface area contributed by atoms with Crippen molar-refractivity contribution in [1.82, 2.24) is 47.3 Å². The molecule has 15 rings (SSSR count). The maximum atomic E-state index is 15.4. The highest BCUT2D eigenvalue weighted by Gasteiger charge is 2.28. The lowest BCUT2D eigenvalue weighted by molar-refractivity contribution is 0.187. The predicted molar refractivity (Wildman–Crippen MR) is 332 cm³/mol. The van der Waals surface area contributed by atoms with Crippen molar-refractivity contribution in [3.05, 3.63) is 282 Å². The number of para-hydroxylation sites is 8. The molecule has 15 aromatic rings. The maximum Gasteiger partial charge on any atom is 0.266 e. The van der Waals surface area contributed by atoms with Gasteiger partial charge in [-0.2, -0.15) is 0 Å². The van der Waals surface area contributed by atoms with Crippen molar-refractivity contribution in [2.75, 3.05) is 0 Å². The molecule has 17 nitrogen and oxygen atoms in total. The first kappa shape index (κ1) is 51.9. The van der Waals surface area contributed by atoms with Gasteiger partial charge in [0, 0.05) is 5.92 Å². The number of aromatic nitrogens is 10. The van der Waals surface area contributed by atoms with Crippen LogP contribution in [0.1, 0.15) is 79.4 Å². The van der Waals surface area contributed by atoms with Crippen LogP contribution in [-0.4, -0.2) is 62.7 Å². The van der Waals surface area contributed by atoms with E-state index in [0.29, 0.717) is 84.4 Å². The molecule has 0 aliphatic carbocycles. The molecule has 0 saturated carbocycles. The van der Waals surface area contributed by atoms with E-state index in [4.69, 9.17) is 19.9 Å². The molecule has 3 N–H and O–H groups in total. The van der Waals surface area contributed by atoms with Crippen LogP contribution in [0.25, 0.3) is 99.8 Å². The third kappa shape index (κ3) is 8.04. The molecule has 0 aliphatic heterocycles. The van der Waals surface area contributed by atoms with Gasteiger partial charge in [0.05, 0.1) is 99.8 Å². The van der Waals surface area contributed by atoms with Crippen molar-refractivity contribution in [2.45, 2.75) is 45.0 Å². The molecule has 17 heteroatoms. The van der Waals surface area contributed by atoms with Gasteiger partial charge in [-0.1, -0.05) is 116 Å². The number of benzene rings is 9. The number of nitrogens with zero attached hydrogens (tertiary/aromatic N) is 10. The smallest absolute Gasteiger partial charge is 0.266 e. The zero-order valence-corrected chi connectivity index (χ0v) is 46.4. The van der Waals surface area contributed by atoms with Crippen molar-refractivity contribution in [3.63, 3.8) is 0 Å². The number of hydrogen-bond donors (Lipinski definition) is 3. The number of imidazole rings is 4. The van der Waals surface area contributed by atoms with Crippen molar-refractivity contribution in [2.24, 2.45) is 0 Å². The molecule has 0 bridgehead atoms. The Balaban J connectivity index is 0.960. The third-order valence-corrected chi connectivity index (χ3v) is 16.4. The number of aliphatic hydroxyl groups excluding tert-OH is 3. The summed E-state index contributed by atoms with van der Waals surface area (Å²) < 4.78 is 9.44. The van der Waals surface area contributed by atoms with E-state index >= 15 is 19.2 Å². The number of fused-ring (bicyclic) bond motifs is 6. The van der Waals surface area contributed by atoms with Gasteiger partial charge in [0.2, 0.25) is 0 Å². The highest BCUT2D eigenvalue weighted by atomic mass is 16.3. The SMILES string of the molecule is CC(O)c1nc2ccccc2n1-c1cc(-n2c(=O)c3cc4c(=O)n(-c5cc(-n6c(C(C)c7ccccc7)nc7ccccc76)cc(-n6c(C(O)c7ccccc7)nc7ccccc76)c5)c(=O)c4cc3c2=O)cc(-n2c(C(C)O)nc3ccccc32)c1. The van der Waals surface area contributed by atoms with E-state index in [2.05, 4.69) is 6.92 Å². The van der Waals surface area contributed by atoms with Gasteiger partial charge in [-0.15, -0.1) is 0 Å². The molecular formula is C69H50N10O7. The van der Waals surface area contributed by atoms with Crippen molar-refractivity contribution in [3.8, 4) is 34.1 Å². The molecule has 0 radical (unpaired) electrons. The number of rotatable bonds is 12. The summed E-state index contributed by atoms with van der Waals surface area (Å²) in [6, 6.07) is 62.2. The van der Waals surface area contributed by atoms with Crippen LogP contribution in [0.2, 0.25) is 0 Å². The van der Waals surface area contributed by atoms with Crippen LogP contribution in [-0.2, 0) is 0 Å². The summed E-state index contributed by atoms with van der Waals surface area (Å²) in [6.45, 7) is 5.27. The summed E-state index contributed by atoms with van der Waals surface area (Å²) in [5.41, 5.74) is 5.94. The van der Waals surface area contributed by atoms with Crippen LogP contribution in [0, 0.1) is 0 Å². The minimum Gasteiger partial charge on any atom is -0.385 e. The summed E-state index contributed by atoms with van der Waals surface area (Å²) in [7, 11) is 0. The van der Waals surface area contributed by atoms with Gasteiger partial charge in [-0.05, 0) is 122 Å². The second-order valence-electron chi connectivity index (χ2n) is 21.7. The third-order valence-electron chi connectivity index (χ3n) is 16.4. The molecule has 86 heavy (non-hydrogen) atoms. The second kappa shape index (κ2) is 19.8. The Labute approximate surface area is 487 Å². The van der Waals surface area contributed by atoms with E-state index < -0.39 is 40.5 Å². The van der Waals surface area contributed by atoms with E-state index in [1.54, 1.807) is 47.2 Å². The van der Waals surface area contributed by atoms with Crippen LogP contribution >= 0.6 is 0 Å². The van der Waals surface area contributed by atoms with Gasteiger partial charge < -0.3 is 15.3 Å². The first-order chi connectivity index (χ1) is 41.8. The van der Waals surface area contributed by atoms with Crippen molar-refractivity contribution in [1.29, 1.82) is 0 Å². The largest absolute Gasteiger partial charge is 0.385 e. The fourth-order valence-corrected chi connectivity index (χ4v) is 12.3. The van der Waals surface area contributed by atoms with Gasteiger partial charge in [0.15, 0.2) is 0 Å². The Bertz CT molecular complexity index is 5140. The Hall–Kier alpha value is -11.0. The Morgan fingerprint density at radius 1 is 0.302 bits per heavy atom. The molecule has 4 atom stereocenters. The van der Waals surface area contributed by atoms with Crippen LogP contribution in [0.3, 0.4) is 0 Å². The zero-order chi connectivity index (χ0) is 58.8. The van der Waals surface area contributed by atoms with Crippen LogP contribution < -0.4 is 22.2 Å². The molecule has 9 aromatic carbocycles. The normalized spacial score (nSPS) is 13.5. The van der Waals surface area contributed by atoms with E-state index in [9.17, 15) is 15.3 Å². The van der Waals surface area contributed by atoms with E-state index in [0.717, 1.165) is 20.2 Å². The molecule has 6 heterocycles. The van der Waals surface area contributed by atoms with E-state index in [1.807, 2.05) is 179 Å². The molecule has 6 aromatic heterocycles. The van der Waals surface area contributed by atoms with Crippen LogP contribution in [0.4, 0.5) is 0 Å².